The van der Waals surface area contributed by atoms with E-state index in [9.17, 15) is 4.79 Å². The Labute approximate surface area is 136 Å². The van der Waals surface area contributed by atoms with E-state index in [2.05, 4.69) is 44.5 Å². The number of para-hydroxylation sites is 1. The zero-order valence-corrected chi connectivity index (χ0v) is 13.5. The van der Waals surface area contributed by atoms with Gasteiger partial charge in [-0.1, -0.05) is 18.2 Å². The fourth-order valence-corrected chi connectivity index (χ4v) is 2.89. The van der Waals surface area contributed by atoms with Crippen molar-refractivity contribution in [2.24, 2.45) is 7.05 Å². The number of benzene rings is 1. The average Bonchev–Trinajstić information content (AvgIpc) is 2.82. The highest BCUT2D eigenvalue weighted by Crippen LogP contribution is 2.15. The monoisotopic (exact) mass is 313 g/mol. The van der Waals surface area contributed by atoms with Gasteiger partial charge < -0.3 is 10.2 Å². The molecule has 6 nitrogen and oxygen atoms in total. The van der Waals surface area contributed by atoms with Crippen LogP contribution in [0.4, 0.5) is 11.5 Å². The Morgan fingerprint density at radius 2 is 1.96 bits per heavy atom. The molecule has 23 heavy (non-hydrogen) atoms. The van der Waals surface area contributed by atoms with Crippen LogP contribution in [0.15, 0.2) is 42.6 Å². The van der Waals surface area contributed by atoms with Gasteiger partial charge in [-0.05, 0) is 18.6 Å². The summed E-state index contributed by atoms with van der Waals surface area (Å²) in [7, 11) is 1.84. The van der Waals surface area contributed by atoms with E-state index >= 15 is 0 Å². The van der Waals surface area contributed by atoms with Crippen molar-refractivity contribution in [2.75, 3.05) is 42.9 Å². The number of anilines is 2. The zero-order valence-electron chi connectivity index (χ0n) is 13.5. The van der Waals surface area contributed by atoms with Crippen molar-refractivity contribution < 1.29 is 4.79 Å². The van der Waals surface area contributed by atoms with Crippen LogP contribution >= 0.6 is 0 Å². The minimum absolute atomic E-state index is 0.00291. The van der Waals surface area contributed by atoms with Crippen LogP contribution in [0.3, 0.4) is 0 Å². The second-order valence-corrected chi connectivity index (χ2v) is 5.88. The highest BCUT2D eigenvalue weighted by Gasteiger charge is 2.17. The maximum atomic E-state index is 12.1. The number of hydrogen-bond acceptors (Lipinski definition) is 4. The molecular formula is C17H23N5O. The molecule has 0 atom stereocenters. The van der Waals surface area contributed by atoms with Gasteiger partial charge in [-0.25, -0.2) is 0 Å². The summed E-state index contributed by atoms with van der Waals surface area (Å²) in [5, 5.41) is 7.02. The zero-order chi connectivity index (χ0) is 16.1. The number of aromatic nitrogens is 2. The molecule has 0 spiro atoms. The SMILES string of the molecule is Cn1ccc(NC(=O)CN2CCCN(c3ccccc3)CC2)n1. The molecule has 1 aromatic heterocycles. The molecule has 1 amide bonds. The van der Waals surface area contributed by atoms with Crippen molar-refractivity contribution in [1.82, 2.24) is 14.7 Å². The molecule has 2 aromatic rings. The number of carbonyl (C=O) groups is 1. The molecule has 0 aliphatic carbocycles. The molecule has 3 rings (SSSR count). The largest absolute Gasteiger partial charge is 0.370 e. The van der Waals surface area contributed by atoms with Crippen molar-refractivity contribution >= 4 is 17.4 Å². The number of carbonyl (C=O) groups excluding carboxylic acids is 1. The summed E-state index contributed by atoms with van der Waals surface area (Å²) in [6, 6.07) is 12.3. The lowest BCUT2D eigenvalue weighted by molar-refractivity contribution is -0.117. The molecule has 0 bridgehead atoms. The van der Waals surface area contributed by atoms with Gasteiger partial charge in [0.25, 0.3) is 0 Å². The molecule has 2 heterocycles. The molecule has 0 saturated carbocycles. The van der Waals surface area contributed by atoms with E-state index in [1.165, 1.54) is 5.69 Å². The third kappa shape index (κ3) is 4.32. The Kier molecular flexibility index (Phi) is 4.92. The van der Waals surface area contributed by atoms with E-state index < -0.39 is 0 Å². The minimum atomic E-state index is -0.00291. The third-order valence-corrected chi connectivity index (χ3v) is 4.06. The van der Waals surface area contributed by atoms with Crippen molar-refractivity contribution in [3.8, 4) is 0 Å². The number of hydrogen-bond donors (Lipinski definition) is 1. The lowest BCUT2D eigenvalue weighted by Gasteiger charge is -2.23. The van der Waals surface area contributed by atoms with E-state index in [1.54, 1.807) is 10.7 Å². The van der Waals surface area contributed by atoms with Gasteiger partial charge in [-0.15, -0.1) is 0 Å². The molecule has 0 radical (unpaired) electrons. The summed E-state index contributed by atoms with van der Waals surface area (Å²) in [4.78, 5) is 16.7. The van der Waals surface area contributed by atoms with E-state index in [4.69, 9.17) is 0 Å². The van der Waals surface area contributed by atoms with E-state index in [0.717, 1.165) is 32.6 Å². The quantitative estimate of drug-likeness (QED) is 0.931. The fraction of sp³-hybridized carbons (Fsp3) is 0.412. The first-order valence-electron chi connectivity index (χ1n) is 8.02. The fourth-order valence-electron chi connectivity index (χ4n) is 2.89. The first-order chi connectivity index (χ1) is 11.2. The second-order valence-electron chi connectivity index (χ2n) is 5.88. The number of aryl methyl sites for hydroxylation is 1. The Hall–Kier alpha value is -2.34. The van der Waals surface area contributed by atoms with Crippen LogP contribution in [0, 0.1) is 0 Å². The van der Waals surface area contributed by atoms with Crippen LogP contribution in [0.1, 0.15) is 6.42 Å². The summed E-state index contributed by atoms with van der Waals surface area (Å²) in [5.41, 5.74) is 1.26. The van der Waals surface area contributed by atoms with E-state index in [1.807, 2.05) is 19.3 Å². The van der Waals surface area contributed by atoms with Crippen LogP contribution in [0.2, 0.25) is 0 Å². The summed E-state index contributed by atoms with van der Waals surface area (Å²) in [5.74, 6) is 0.607. The van der Waals surface area contributed by atoms with Gasteiger partial charge in [0.1, 0.15) is 0 Å². The molecule has 1 aliphatic heterocycles. The Morgan fingerprint density at radius 1 is 1.13 bits per heavy atom. The van der Waals surface area contributed by atoms with Crippen LogP contribution in [-0.2, 0) is 11.8 Å². The van der Waals surface area contributed by atoms with Gasteiger partial charge in [-0.2, -0.15) is 5.10 Å². The topological polar surface area (TPSA) is 53.4 Å². The van der Waals surface area contributed by atoms with Crippen molar-refractivity contribution in [1.29, 1.82) is 0 Å². The third-order valence-electron chi connectivity index (χ3n) is 4.06. The Bertz CT molecular complexity index is 639. The maximum Gasteiger partial charge on any atom is 0.239 e. The van der Waals surface area contributed by atoms with Gasteiger partial charge in [0.05, 0.1) is 6.54 Å². The average molecular weight is 313 g/mol. The molecule has 1 N–H and O–H groups in total. The van der Waals surface area contributed by atoms with E-state index in [-0.39, 0.29) is 5.91 Å². The predicted octanol–water partition coefficient (Wildman–Crippen LogP) is 1.57. The number of amides is 1. The summed E-state index contributed by atoms with van der Waals surface area (Å²) in [6.45, 7) is 4.23. The highest BCUT2D eigenvalue weighted by molar-refractivity contribution is 5.91. The van der Waals surface area contributed by atoms with Crippen LogP contribution in [0.5, 0.6) is 0 Å². The first kappa shape index (κ1) is 15.6. The molecule has 1 aliphatic rings. The maximum absolute atomic E-state index is 12.1. The standard InChI is InChI=1S/C17H23N5O/c1-20-11-8-16(19-20)18-17(23)14-21-9-5-10-22(13-12-21)15-6-3-2-4-7-15/h2-4,6-8,11H,5,9-10,12-14H2,1H3,(H,18,19,23). The summed E-state index contributed by atoms with van der Waals surface area (Å²) in [6.07, 6.45) is 2.88. The predicted molar refractivity (Wildman–Crippen MR) is 91.5 cm³/mol. The molecule has 0 unspecified atom stereocenters. The molecule has 1 aromatic carbocycles. The number of nitrogens with one attached hydrogen (secondary N) is 1. The summed E-state index contributed by atoms with van der Waals surface area (Å²) >= 11 is 0. The Morgan fingerprint density at radius 3 is 2.70 bits per heavy atom. The molecule has 1 fully saturated rings. The van der Waals surface area contributed by atoms with Gasteiger partial charge in [0, 0.05) is 51.2 Å². The molecular weight excluding hydrogens is 290 g/mol. The minimum Gasteiger partial charge on any atom is -0.370 e. The van der Waals surface area contributed by atoms with Crippen molar-refractivity contribution in [2.45, 2.75) is 6.42 Å². The van der Waals surface area contributed by atoms with Crippen LogP contribution in [-0.4, -0.2) is 53.3 Å². The van der Waals surface area contributed by atoms with Crippen LogP contribution < -0.4 is 10.2 Å². The van der Waals surface area contributed by atoms with Gasteiger partial charge in [-0.3, -0.25) is 14.4 Å². The number of nitrogens with zero attached hydrogens (tertiary/aromatic N) is 4. The first-order valence-corrected chi connectivity index (χ1v) is 8.02. The van der Waals surface area contributed by atoms with E-state index in [0.29, 0.717) is 12.4 Å². The lowest BCUT2D eigenvalue weighted by Crippen LogP contribution is -2.36. The van der Waals surface area contributed by atoms with Gasteiger partial charge in [0.15, 0.2) is 5.82 Å². The second kappa shape index (κ2) is 7.28. The Balaban J connectivity index is 1.51. The lowest BCUT2D eigenvalue weighted by atomic mass is 10.3. The number of rotatable bonds is 4. The normalized spacial score (nSPS) is 16.1. The van der Waals surface area contributed by atoms with Crippen molar-refractivity contribution in [3.63, 3.8) is 0 Å². The molecule has 6 heteroatoms. The highest BCUT2D eigenvalue weighted by atomic mass is 16.2. The summed E-state index contributed by atoms with van der Waals surface area (Å²) < 4.78 is 1.68. The smallest absolute Gasteiger partial charge is 0.239 e. The van der Waals surface area contributed by atoms with Crippen LogP contribution in [0.25, 0.3) is 0 Å². The molecule has 122 valence electrons. The van der Waals surface area contributed by atoms with Crippen molar-refractivity contribution in [3.05, 3.63) is 42.6 Å². The van der Waals surface area contributed by atoms with Gasteiger partial charge >= 0.3 is 0 Å². The van der Waals surface area contributed by atoms with Gasteiger partial charge in [0.2, 0.25) is 5.91 Å². The molecule has 1 saturated heterocycles.